The summed E-state index contributed by atoms with van der Waals surface area (Å²) in [5, 5.41) is 15.3. The quantitative estimate of drug-likeness (QED) is 0.781. The molecule has 114 valence electrons. The molecule has 2 rings (SSSR count). The lowest BCUT2D eigenvalue weighted by Crippen LogP contribution is -2.28. The number of hydrogen-bond acceptors (Lipinski definition) is 3. The zero-order valence-electron chi connectivity index (χ0n) is 11.7. The Labute approximate surface area is 128 Å². The lowest BCUT2D eigenvalue weighted by Gasteiger charge is -2.22. The average Bonchev–Trinajstić information content (AvgIpc) is 2.48. The Morgan fingerprint density at radius 2 is 2.05 bits per heavy atom. The summed E-state index contributed by atoms with van der Waals surface area (Å²) >= 11 is 5.98. The maximum Gasteiger partial charge on any atom is 0.335 e. The van der Waals surface area contributed by atoms with Gasteiger partial charge in [-0.3, -0.25) is 4.79 Å². The molecule has 0 saturated carbocycles. The minimum Gasteiger partial charge on any atom is -0.478 e. The Balaban J connectivity index is 1.89. The van der Waals surface area contributed by atoms with Crippen LogP contribution in [0.4, 0.5) is 5.69 Å². The Morgan fingerprint density at radius 1 is 1.33 bits per heavy atom. The summed E-state index contributed by atoms with van der Waals surface area (Å²) < 4.78 is 0. The van der Waals surface area contributed by atoms with E-state index in [1.54, 1.807) is 0 Å². The number of aromatic carboxylic acids is 1. The lowest BCUT2D eigenvalue weighted by atomic mass is 9.93. The molecule has 0 radical (unpaired) electrons. The topological polar surface area (TPSA) is 78.4 Å². The molecule has 6 heteroatoms. The fourth-order valence-corrected chi connectivity index (χ4v) is 2.64. The van der Waals surface area contributed by atoms with Gasteiger partial charge in [0.1, 0.15) is 0 Å². The second-order valence-electron chi connectivity index (χ2n) is 5.28. The van der Waals surface area contributed by atoms with E-state index in [1.165, 1.54) is 18.2 Å². The van der Waals surface area contributed by atoms with Gasteiger partial charge >= 0.3 is 5.97 Å². The molecule has 0 spiro atoms. The van der Waals surface area contributed by atoms with Gasteiger partial charge in [-0.2, -0.15) is 0 Å². The van der Waals surface area contributed by atoms with Crippen molar-refractivity contribution in [1.29, 1.82) is 0 Å². The van der Waals surface area contributed by atoms with Crippen LogP contribution in [0.5, 0.6) is 0 Å². The van der Waals surface area contributed by atoms with Crippen molar-refractivity contribution in [2.45, 2.75) is 25.7 Å². The monoisotopic (exact) mass is 310 g/mol. The standard InChI is InChI=1S/C15H19ClN2O3/c16-12-3-2-11(15(20)21)9-13(12)18-14(19)4-1-10-5-7-17-8-6-10/h2-3,9-10,17H,1,4-8H2,(H,18,19)(H,20,21). The molecular formula is C15H19ClN2O3. The first-order chi connectivity index (χ1) is 10.1. The summed E-state index contributed by atoms with van der Waals surface area (Å²) in [6, 6.07) is 4.27. The van der Waals surface area contributed by atoms with Crippen LogP contribution in [0.15, 0.2) is 18.2 Å². The van der Waals surface area contributed by atoms with Crippen molar-refractivity contribution in [2.75, 3.05) is 18.4 Å². The summed E-state index contributed by atoms with van der Waals surface area (Å²) in [6.45, 7) is 2.03. The van der Waals surface area contributed by atoms with E-state index < -0.39 is 5.97 Å². The molecule has 1 aromatic rings. The van der Waals surface area contributed by atoms with Gasteiger partial charge in [0.2, 0.25) is 5.91 Å². The van der Waals surface area contributed by atoms with Crippen molar-refractivity contribution in [3.63, 3.8) is 0 Å². The molecule has 1 saturated heterocycles. The van der Waals surface area contributed by atoms with E-state index in [1.807, 2.05) is 0 Å². The molecule has 0 atom stereocenters. The van der Waals surface area contributed by atoms with E-state index in [9.17, 15) is 9.59 Å². The van der Waals surface area contributed by atoms with Gasteiger partial charge in [0, 0.05) is 6.42 Å². The number of benzene rings is 1. The molecule has 1 heterocycles. The van der Waals surface area contributed by atoms with Gasteiger partial charge in [-0.25, -0.2) is 4.79 Å². The van der Waals surface area contributed by atoms with Crippen LogP contribution in [0.3, 0.4) is 0 Å². The van der Waals surface area contributed by atoms with Gasteiger partial charge in [-0.15, -0.1) is 0 Å². The fourth-order valence-electron chi connectivity index (χ4n) is 2.47. The van der Waals surface area contributed by atoms with Crippen LogP contribution in [0, 0.1) is 5.92 Å². The number of amides is 1. The Hall–Kier alpha value is -1.59. The van der Waals surface area contributed by atoms with Crippen LogP contribution in [0.1, 0.15) is 36.0 Å². The maximum atomic E-state index is 12.0. The van der Waals surface area contributed by atoms with Crippen molar-refractivity contribution < 1.29 is 14.7 Å². The number of rotatable bonds is 5. The number of halogens is 1. The normalized spacial score (nSPS) is 15.7. The van der Waals surface area contributed by atoms with E-state index in [4.69, 9.17) is 16.7 Å². The molecule has 1 aliphatic rings. The van der Waals surface area contributed by atoms with Gasteiger partial charge in [0.25, 0.3) is 0 Å². The van der Waals surface area contributed by atoms with Crippen molar-refractivity contribution in [2.24, 2.45) is 5.92 Å². The molecule has 21 heavy (non-hydrogen) atoms. The number of hydrogen-bond donors (Lipinski definition) is 3. The van der Waals surface area contributed by atoms with E-state index in [-0.39, 0.29) is 11.5 Å². The number of carboxylic acid groups (broad SMARTS) is 1. The number of nitrogens with one attached hydrogen (secondary N) is 2. The largest absolute Gasteiger partial charge is 0.478 e. The molecule has 0 unspecified atom stereocenters. The summed E-state index contributed by atoms with van der Waals surface area (Å²) in [5.41, 5.74) is 0.458. The van der Waals surface area contributed by atoms with Crippen LogP contribution < -0.4 is 10.6 Å². The molecule has 0 aromatic heterocycles. The highest BCUT2D eigenvalue weighted by Gasteiger charge is 2.15. The van der Waals surface area contributed by atoms with Crippen LogP contribution in [-0.4, -0.2) is 30.1 Å². The molecule has 0 bridgehead atoms. The van der Waals surface area contributed by atoms with Crippen molar-refractivity contribution in [3.05, 3.63) is 28.8 Å². The van der Waals surface area contributed by atoms with Crippen molar-refractivity contribution >= 4 is 29.2 Å². The van der Waals surface area contributed by atoms with E-state index in [0.29, 0.717) is 23.0 Å². The summed E-state index contributed by atoms with van der Waals surface area (Å²) in [4.78, 5) is 22.9. The van der Waals surface area contributed by atoms with E-state index in [0.717, 1.165) is 32.4 Å². The van der Waals surface area contributed by atoms with Crippen LogP contribution >= 0.6 is 11.6 Å². The van der Waals surface area contributed by atoms with Gasteiger partial charge < -0.3 is 15.7 Å². The molecule has 3 N–H and O–H groups in total. The minimum atomic E-state index is -1.04. The average molecular weight is 311 g/mol. The SMILES string of the molecule is O=C(CCC1CCNCC1)Nc1cc(C(=O)O)ccc1Cl. The molecule has 1 aliphatic heterocycles. The smallest absolute Gasteiger partial charge is 0.335 e. The highest BCUT2D eigenvalue weighted by Crippen LogP contribution is 2.24. The summed E-state index contributed by atoms with van der Waals surface area (Å²) in [5.74, 6) is -0.590. The van der Waals surface area contributed by atoms with Crippen molar-refractivity contribution in [1.82, 2.24) is 5.32 Å². The highest BCUT2D eigenvalue weighted by atomic mass is 35.5. The number of carbonyl (C=O) groups excluding carboxylic acids is 1. The zero-order chi connectivity index (χ0) is 15.2. The molecule has 1 aromatic carbocycles. The molecule has 0 aliphatic carbocycles. The zero-order valence-corrected chi connectivity index (χ0v) is 12.4. The Kier molecular flexibility index (Phi) is 5.59. The summed E-state index contributed by atoms with van der Waals surface area (Å²) in [6.07, 6.45) is 3.48. The van der Waals surface area contributed by atoms with Gasteiger partial charge in [0.05, 0.1) is 16.3 Å². The lowest BCUT2D eigenvalue weighted by molar-refractivity contribution is -0.116. The van der Waals surface area contributed by atoms with Crippen molar-refractivity contribution in [3.8, 4) is 0 Å². The molecular weight excluding hydrogens is 292 g/mol. The van der Waals surface area contributed by atoms with Crippen LogP contribution in [0.25, 0.3) is 0 Å². The second-order valence-corrected chi connectivity index (χ2v) is 5.69. The highest BCUT2D eigenvalue weighted by molar-refractivity contribution is 6.33. The van der Waals surface area contributed by atoms with Gasteiger partial charge in [-0.05, 0) is 56.5 Å². The Bertz CT molecular complexity index is 528. The predicted octanol–water partition coefficient (Wildman–Crippen LogP) is 2.76. The molecule has 1 fully saturated rings. The first-order valence-electron chi connectivity index (χ1n) is 7.09. The first-order valence-corrected chi connectivity index (χ1v) is 7.47. The number of piperidine rings is 1. The van der Waals surface area contributed by atoms with Gasteiger partial charge in [-0.1, -0.05) is 11.6 Å². The third-order valence-electron chi connectivity index (χ3n) is 3.73. The fraction of sp³-hybridized carbons (Fsp3) is 0.467. The molecule has 1 amide bonds. The maximum absolute atomic E-state index is 12.0. The van der Waals surface area contributed by atoms with Gasteiger partial charge in [0.15, 0.2) is 0 Å². The van der Waals surface area contributed by atoms with E-state index >= 15 is 0 Å². The first kappa shape index (κ1) is 15.8. The predicted molar refractivity (Wildman–Crippen MR) is 81.9 cm³/mol. The van der Waals surface area contributed by atoms with Crippen LogP contribution in [-0.2, 0) is 4.79 Å². The Morgan fingerprint density at radius 3 is 2.71 bits per heavy atom. The second kappa shape index (κ2) is 7.43. The van der Waals surface area contributed by atoms with E-state index in [2.05, 4.69) is 10.6 Å². The molecule has 5 nitrogen and oxygen atoms in total. The summed E-state index contributed by atoms with van der Waals surface area (Å²) in [7, 11) is 0. The third kappa shape index (κ3) is 4.72. The third-order valence-corrected chi connectivity index (χ3v) is 4.06. The van der Waals surface area contributed by atoms with Crippen LogP contribution in [0.2, 0.25) is 5.02 Å². The minimum absolute atomic E-state index is 0.105. The number of carboxylic acids is 1. The number of carbonyl (C=O) groups is 2. The number of anilines is 1.